The number of furan rings is 1. The molecule has 0 saturated carbocycles. The van der Waals surface area contributed by atoms with Crippen LogP contribution in [0.3, 0.4) is 0 Å². The maximum absolute atomic E-state index is 5.97. The molecule has 1 aliphatic heterocycles. The lowest BCUT2D eigenvalue weighted by molar-refractivity contribution is 0.130. The molecule has 1 aromatic carbocycles. The molecule has 4 nitrogen and oxygen atoms in total. The molecule has 3 rings (SSSR count). The topological polar surface area (TPSA) is 57.6 Å². The lowest BCUT2D eigenvalue weighted by Gasteiger charge is -2.18. The fraction of sp³-hybridized carbons (Fsp3) is 0.375. The molecule has 2 N–H and O–H groups in total. The molecule has 2 heterocycles. The summed E-state index contributed by atoms with van der Waals surface area (Å²) in [5.74, 6) is 2.37. The van der Waals surface area contributed by atoms with Crippen molar-refractivity contribution in [1.82, 2.24) is 0 Å². The first-order valence-corrected chi connectivity index (χ1v) is 6.78. The van der Waals surface area contributed by atoms with Crippen LogP contribution in [0, 0.1) is 0 Å². The number of benzene rings is 1. The minimum absolute atomic E-state index is 0.172. The van der Waals surface area contributed by atoms with Gasteiger partial charge in [-0.15, -0.1) is 0 Å². The molecule has 2 aromatic rings. The van der Waals surface area contributed by atoms with Crippen molar-refractivity contribution in [3.05, 3.63) is 47.4 Å². The highest BCUT2D eigenvalue weighted by molar-refractivity contribution is 5.50. The average Bonchev–Trinajstić information content (AvgIpc) is 2.97. The van der Waals surface area contributed by atoms with E-state index >= 15 is 0 Å². The van der Waals surface area contributed by atoms with Gasteiger partial charge in [0.05, 0.1) is 6.26 Å². The van der Waals surface area contributed by atoms with E-state index in [1.807, 2.05) is 18.2 Å². The van der Waals surface area contributed by atoms with E-state index in [1.54, 1.807) is 6.26 Å². The number of para-hydroxylation sites is 1. The first kappa shape index (κ1) is 13.1. The number of ether oxygens (including phenoxy) is 2. The van der Waals surface area contributed by atoms with E-state index in [0.717, 1.165) is 29.2 Å². The standard InChI is InChI=1S/C16H19NO3/c1-16(2)8-11-4-3-5-13(15(11)20-16)19-10-14-12(9-17)6-7-18-14/h3-7H,8-10,17H2,1-2H3. The third kappa shape index (κ3) is 2.39. The SMILES string of the molecule is CC1(C)Cc2cccc(OCc3occc3CN)c2O1. The highest BCUT2D eigenvalue weighted by Gasteiger charge is 2.32. The molecular formula is C16H19NO3. The molecule has 106 valence electrons. The van der Waals surface area contributed by atoms with E-state index in [4.69, 9.17) is 19.6 Å². The van der Waals surface area contributed by atoms with Crippen molar-refractivity contribution in [2.75, 3.05) is 0 Å². The average molecular weight is 273 g/mol. The highest BCUT2D eigenvalue weighted by atomic mass is 16.5. The van der Waals surface area contributed by atoms with Crippen LogP contribution in [0.2, 0.25) is 0 Å². The molecule has 1 aromatic heterocycles. The molecule has 0 unspecified atom stereocenters. The van der Waals surface area contributed by atoms with Crippen molar-refractivity contribution in [2.45, 2.75) is 39.0 Å². The first-order valence-electron chi connectivity index (χ1n) is 6.78. The van der Waals surface area contributed by atoms with Gasteiger partial charge in [-0.1, -0.05) is 12.1 Å². The second-order valence-electron chi connectivity index (χ2n) is 5.64. The Labute approximate surface area is 118 Å². The zero-order valence-electron chi connectivity index (χ0n) is 11.8. The summed E-state index contributed by atoms with van der Waals surface area (Å²) in [4.78, 5) is 0. The Morgan fingerprint density at radius 3 is 2.95 bits per heavy atom. The molecule has 0 radical (unpaired) electrons. The quantitative estimate of drug-likeness (QED) is 0.930. The van der Waals surface area contributed by atoms with Gasteiger partial charge in [-0.05, 0) is 26.0 Å². The summed E-state index contributed by atoms with van der Waals surface area (Å²) in [6, 6.07) is 7.86. The number of nitrogens with two attached hydrogens (primary N) is 1. The molecule has 0 amide bonds. The summed E-state index contributed by atoms with van der Waals surface area (Å²) >= 11 is 0. The Morgan fingerprint density at radius 2 is 2.15 bits per heavy atom. The number of fused-ring (bicyclic) bond motifs is 1. The van der Waals surface area contributed by atoms with Gasteiger partial charge in [0.2, 0.25) is 0 Å². The third-order valence-electron chi connectivity index (χ3n) is 3.47. The first-order chi connectivity index (χ1) is 9.59. The smallest absolute Gasteiger partial charge is 0.165 e. The lowest BCUT2D eigenvalue weighted by atomic mass is 10.0. The van der Waals surface area contributed by atoms with E-state index in [1.165, 1.54) is 5.56 Å². The summed E-state index contributed by atoms with van der Waals surface area (Å²) in [7, 11) is 0. The van der Waals surface area contributed by atoms with Gasteiger partial charge < -0.3 is 19.6 Å². The monoisotopic (exact) mass is 273 g/mol. The van der Waals surface area contributed by atoms with Crippen molar-refractivity contribution in [1.29, 1.82) is 0 Å². The minimum Gasteiger partial charge on any atom is -0.483 e. The fourth-order valence-corrected chi connectivity index (χ4v) is 2.52. The van der Waals surface area contributed by atoms with Gasteiger partial charge in [0.15, 0.2) is 11.5 Å². The second-order valence-corrected chi connectivity index (χ2v) is 5.64. The van der Waals surface area contributed by atoms with Gasteiger partial charge in [0.1, 0.15) is 18.0 Å². The van der Waals surface area contributed by atoms with Crippen LogP contribution < -0.4 is 15.2 Å². The summed E-state index contributed by atoms with van der Waals surface area (Å²) in [6.07, 6.45) is 2.53. The van der Waals surface area contributed by atoms with Crippen LogP contribution in [0.25, 0.3) is 0 Å². The molecule has 20 heavy (non-hydrogen) atoms. The van der Waals surface area contributed by atoms with E-state index < -0.39 is 0 Å². The maximum atomic E-state index is 5.97. The van der Waals surface area contributed by atoms with Gasteiger partial charge >= 0.3 is 0 Å². The Balaban J connectivity index is 1.78. The Hall–Kier alpha value is -1.94. The van der Waals surface area contributed by atoms with Crippen LogP contribution in [-0.4, -0.2) is 5.60 Å². The molecule has 0 spiro atoms. The van der Waals surface area contributed by atoms with Crippen molar-refractivity contribution in [3.8, 4) is 11.5 Å². The molecule has 0 bridgehead atoms. The molecule has 0 aliphatic carbocycles. The minimum atomic E-state index is -0.172. The van der Waals surface area contributed by atoms with Crippen molar-refractivity contribution >= 4 is 0 Å². The number of hydrogen-bond acceptors (Lipinski definition) is 4. The van der Waals surface area contributed by atoms with E-state index in [9.17, 15) is 0 Å². The van der Waals surface area contributed by atoms with Crippen molar-refractivity contribution in [3.63, 3.8) is 0 Å². The summed E-state index contributed by atoms with van der Waals surface area (Å²) in [6.45, 7) is 4.97. The molecule has 1 aliphatic rings. The van der Waals surface area contributed by atoms with Crippen LogP contribution in [0.15, 0.2) is 34.9 Å². The normalized spacial score (nSPS) is 15.8. The van der Waals surface area contributed by atoms with Gasteiger partial charge in [0, 0.05) is 24.1 Å². The van der Waals surface area contributed by atoms with E-state index in [-0.39, 0.29) is 5.60 Å². The third-order valence-corrected chi connectivity index (χ3v) is 3.47. The van der Waals surface area contributed by atoms with Crippen molar-refractivity contribution < 1.29 is 13.9 Å². The van der Waals surface area contributed by atoms with E-state index in [0.29, 0.717) is 13.2 Å². The predicted octanol–water partition coefficient (Wildman–Crippen LogP) is 3.03. The van der Waals surface area contributed by atoms with Crippen molar-refractivity contribution in [2.24, 2.45) is 5.73 Å². The van der Waals surface area contributed by atoms with Gasteiger partial charge in [-0.3, -0.25) is 0 Å². The van der Waals surface area contributed by atoms with Crippen LogP contribution in [0.4, 0.5) is 0 Å². The molecule has 0 fully saturated rings. The Morgan fingerprint density at radius 1 is 1.30 bits per heavy atom. The van der Waals surface area contributed by atoms with Crippen LogP contribution in [-0.2, 0) is 19.6 Å². The summed E-state index contributed by atoms with van der Waals surface area (Å²) < 4.78 is 17.2. The zero-order chi connectivity index (χ0) is 14.2. The predicted molar refractivity (Wildman–Crippen MR) is 75.8 cm³/mol. The fourth-order valence-electron chi connectivity index (χ4n) is 2.52. The molecular weight excluding hydrogens is 254 g/mol. The maximum Gasteiger partial charge on any atom is 0.165 e. The number of hydrogen-bond donors (Lipinski definition) is 1. The summed E-state index contributed by atoms with van der Waals surface area (Å²) in [5, 5.41) is 0. The molecule has 0 saturated heterocycles. The second kappa shape index (κ2) is 4.87. The van der Waals surface area contributed by atoms with Gasteiger partial charge in [-0.25, -0.2) is 0 Å². The van der Waals surface area contributed by atoms with Crippen LogP contribution in [0.1, 0.15) is 30.7 Å². The van der Waals surface area contributed by atoms with Crippen LogP contribution in [0.5, 0.6) is 11.5 Å². The Kier molecular flexibility index (Phi) is 3.18. The molecule has 4 heteroatoms. The summed E-state index contributed by atoms with van der Waals surface area (Å²) in [5.41, 5.74) is 7.64. The molecule has 0 atom stereocenters. The van der Waals surface area contributed by atoms with Gasteiger partial charge in [0.25, 0.3) is 0 Å². The number of rotatable bonds is 4. The highest BCUT2D eigenvalue weighted by Crippen LogP contribution is 2.42. The lowest BCUT2D eigenvalue weighted by Crippen LogP contribution is -2.24. The van der Waals surface area contributed by atoms with Gasteiger partial charge in [-0.2, -0.15) is 0 Å². The van der Waals surface area contributed by atoms with Crippen LogP contribution >= 0.6 is 0 Å². The largest absolute Gasteiger partial charge is 0.483 e. The van der Waals surface area contributed by atoms with E-state index in [2.05, 4.69) is 19.9 Å². The zero-order valence-corrected chi connectivity index (χ0v) is 11.8. The Bertz CT molecular complexity index is 616.